The monoisotopic (exact) mass is 573 g/mol. The van der Waals surface area contributed by atoms with Gasteiger partial charge in [-0.25, -0.2) is 0 Å². The molecule has 0 aromatic carbocycles. The molecule has 0 aromatic rings. The van der Waals surface area contributed by atoms with E-state index in [1.54, 1.807) is 0 Å². The number of carbonyl (C=O) groups excluding carboxylic acids is 1. The molecule has 1 spiro atoms. The van der Waals surface area contributed by atoms with E-state index >= 15 is 0 Å². The quantitative estimate of drug-likeness (QED) is 0.0840. The van der Waals surface area contributed by atoms with Gasteiger partial charge in [0.25, 0.3) is 0 Å². The molecule has 0 bridgehead atoms. The Labute approximate surface area is 244 Å². The van der Waals surface area contributed by atoms with E-state index in [4.69, 9.17) is 31.3 Å². The first-order chi connectivity index (χ1) is 18.7. The van der Waals surface area contributed by atoms with Crippen LogP contribution in [0.5, 0.6) is 0 Å². The number of fused-ring (bicyclic) bond motifs is 7. The number of azide groups is 1. The average molecular weight is 574 g/mol. The first kappa shape index (κ1) is 28.8. The van der Waals surface area contributed by atoms with Gasteiger partial charge in [-0.15, -0.1) is 11.6 Å². The Morgan fingerprint density at radius 1 is 1.20 bits per heavy atom. The van der Waals surface area contributed by atoms with Gasteiger partial charge in [-0.3, -0.25) is 4.79 Å². The Kier molecular flexibility index (Phi) is 6.94. The number of nitrogens with zero attached hydrogens (tertiary/aromatic N) is 3. The fourth-order valence-electron chi connectivity index (χ4n) is 10.1. The average Bonchev–Trinajstić information content (AvgIpc) is 3.32. The molecule has 2 saturated heterocycles. The first-order valence-corrected chi connectivity index (χ1v) is 16.1. The van der Waals surface area contributed by atoms with Crippen LogP contribution in [0.1, 0.15) is 93.4 Å². The van der Waals surface area contributed by atoms with Crippen molar-refractivity contribution < 1.29 is 19.0 Å². The molecule has 6 rings (SSSR count). The summed E-state index contributed by atoms with van der Waals surface area (Å²) in [6.45, 7) is 15.9. The third-order valence-corrected chi connectivity index (χ3v) is 12.9. The van der Waals surface area contributed by atoms with E-state index in [1.165, 1.54) is 5.57 Å². The summed E-state index contributed by atoms with van der Waals surface area (Å²) in [5, 5.41) is 3.89. The van der Waals surface area contributed by atoms with Crippen molar-refractivity contribution in [2.75, 3.05) is 6.61 Å². The molecule has 222 valence electrons. The summed E-state index contributed by atoms with van der Waals surface area (Å²) in [5.41, 5.74) is 9.69. The summed E-state index contributed by atoms with van der Waals surface area (Å²) in [6, 6.07) is -0.154. The molecule has 13 atom stereocenters. The van der Waals surface area contributed by atoms with Gasteiger partial charge in [-0.05, 0) is 93.9 Å². The third kappa shape index (κ3) is 4.12. The second kappa shape index (κ2) is 9.62. The predicted molar refractivity (Wildman–Crippen MR) is 154 cm³/mol. The highest BCUT2D eigenvalue weighted by Gasteiger charge is 2.70. The van der Waals surface area contributed by atoms with Crippen molar-refractivity contribution in [2.45, 2.75) is 123 Å². The zero-order valence-electron chi connectivity index (χ0n) is 25.4. The smallest absolute Gasteiger partial charge is 0.311 e. The Morgan fingerprint density at radius 3 is 2.60 bits per heavy atom. The second-order valence-corrected chi connectivity index (χ2v) is 16.2. The molecule has 2 aliphatic heterocycles. The molecular weight excluding hydrogens is 526 g/mol. The maximum atomic E-state index is 13.5. The van der Waals surface area contributed by atoms with Gasteiger partial charge in [0, 0.05) is 34.0 Å². The molecule has 0 amide bonds. The lowest BCUT2D eigenvalue weighted by atomic mass is 9.44. The van der Waals surface area contributed by atoms with Crippen molar-refractivity contribution in [3.8, 4) is 0 Å². The zero-order valence-corrected chi connectivity index (χ0v) is 26.1. The molecule has 5 fully saturated rings. The predicted octanol–water partition coefficient (Wildman–Crippen LogP) is 7.82. The van der Waals surface area contributed by atoms with Crippen LogP contribution in [-0.4, -0.2) is 42.0 Å². The molecule has 3 saturated carbocycles. The fourth-order valence-corrected chi connectivity index (χ4v) is 10.6. The maximum absolute atomic E-state index is 13.5. The molecular formula is C32H48ClN3O4. The SMILES string of the molecule is C[C@H]1CC[C@@]2(OC1)O[C@H]1C=C3[C@@H]4CC[C@H]5C[C@@H](N=[N+]=[N-])[C@@H](Cl)C[C@]5(C)[C@H]4C[C@H](OC(=O)C(C)(C)C)[C@]3(C)[C@H]1[C@@H]2C. The molecule has 8 heteroatoms. The van der Waals surface area contributed by atoms with Gasteiger partial charge in [0.15, 0.2) is 5.79 Å². The minimum atomic E-state index is -0.579. The molecule has 0 unspecified atom stereocenters. The van der Waals surface area contributed by atoms with Crippen molar-refractivity contribution in [3.05, 3.63) is 22.1 Å². The first-order valence-electron chi connectivity index (χ1n) is 15.7. The summed E-state index contributed by atoms with van der Waals surface area (Å²) < 4.78 is 20.0. The molecule has 7 nitrogen and oxygen atoms in total. The van der Waals surface area contributed by atoms with Gasteiger partial charge >= 0.3 is 5.97 Å². The molecule has 40 heavy (non-hydrogen) atoms. The lowest BCUT2D eigenvalue weighted by Crippen LogP contribution is -2.59. The molecule has 2 heterocycles. The number of halogens is 1. The highest BCUT2D eigenvalue weighted by molar-refractivity contribution is 6.21. The maximum Gasteiger partial charge on any atom is 0.311 e. The van der Waals surface area contributed by atoms with Crippen LogP contribution in [0.4, 0.5) is 0 Å². The van der Waals surface area contributed by atoms with E-state index in [0.717, 1.165) is 51.6 Å². The Bertz CT molecular complexity index is 1120. The van der Waals surface area contributed by atoms with E-state index in [1.807, 2.05) is 20.8 Å². The number of hydrogen-bond acceptors (Lipinski definition) is 5. The number of esters is 1. The topological polar surface area (TPSA) is 93.5 Å². The van der Waals surface area contributed by atoms with E-state index in [2.05, 4.69) is 43.8 Å². The van der Waals surface area contributed by atoms with E-state index < -0.39 is 11.2 Å². The summed E-state index contributed by atoms with van der Waals surface area (Å²) in [7, 11) is 0. The van der Waals surface area contributed by atoms with Gasteiger partial charge in [0.05, 0.1) is 24.2 Å². The van der Waals surface area contributed by atoms with Crippen LogP contribution in [-0.2, 0) is 19.0 Å². The van der Waals surface area contributed by atoms with Gasteiger partial charge in [0.1, 0.15) is 6.10 Å². The van der Waals surface area contributed by atoms with Crippen LogP contribution < -0.4 is 0 Å². The number of ether oxygens (including phenoxy) is 3. The third-order valence-electron chi connectivity index (χ3n) is 12.4. The standard InChI is InChI=1S/C32H48ClN3O4/c1-17-10-11-32(38-16-17)18(2)27-25(40-32)13-22-20-9-8-19-12-24(35-36-34)23(33)15-30(19,6)21(20)14-26(31(22,27)7)39-28(37)29(3,4)5/h13,17-21,23-27H,8-12,14-16H2,1-7H3/t17-,18-,19-,20+,21-,23-,24+,25-,26-,27-,30-,31+,32+/m0/s1. The number of carbonyl (C=O) groups is 1. The summed E-state index contributed by atoms with van der Waals surface area (Å²) in [6.07, 6.45) is 8.92. The van der Waals surface area contributed by atoms with Crippen LogP contribution in [0.15, 0.2) is 16.8 Å². The summed E-state index contributed by atoms with van der Waals surface area (Å²) >= 11 is 6.91. The number of rotatable bonds is 2. The van der Waals surface area contributed by atoms with Crippen LogP contribution in [0, 0.1) is 51.8 Å². The van der Waals surface area contributed by atoms with Crippen molar-refractivity contribution in [2.24, 2.45) is 56.9 Å². The van der Waals surface area contributed by atoms with Gasteiger partial charge in [-0.2, -0.15) is 0 Å². The molecule has 0 radical (unpaired) electrons. The molecule has 0 aromatic heterocycles. The minimum Gasteiger partial charge on any atom is -0.461 e. The molecule has 4 aliphatic carbocycles. The van der Waals surface area contributed by atoms with Crippen molar-refractivity contribution >= 4 is 17.6 Å². The van der Waals surface area contributed by atoms with Crippen LogP contribution in [0.2, 0.25) is 0 Å². The summed E-state index contributed by atoms with van der Waals surface area (Å²) in [4.78, 5) is 16.6. The zero-order chi connectivity index (χ0) is 28.8. The van der Waals surface area contributed by atoms with Gasteiger partial charge in [0.2, 0.25) is 0 Å². The lowest BCUT2D eigenvalue weighted by molar-refractivity contribution is -0.265. The fraction of sp³-hybridized carbons (Fsp3) is 0.906. The lowest BCUT2D eigenvalue weighted by Gasteiger charge is -2.62. The van der Waals surface area contributed by atoms with Gasteiger partial charge < -0.3 is 14.2 Å². The van der Waals surface area contributed by atoms with Crippen molar-refractivity contribution in [1.29, 1.82) is 0 Å². The van der Waals surface area contributed by atoms with Crippen LogP contribution in [0.3, 0.4) is 0 Å². The van der Waals surface area contributed by atoms with E-state index in [-0.39, 0.29) is 52.3 Å². The molecule has 6 aliphatic rings. The summed E-state index contributed by atoms with van der Waals surface area (Å²) in [5.74, 6) is 1.50. The van der Waals surface area contributed by atoms with Crippen molar-refractivity contribution in [1.82, 2.24) is 0 Å². The number of hydrogen-bond donors (Lipinski definition) is 0. The Morgan fingerprint density at radius 2 is 1.95 bits per heavy atom. The van der Waals surface area contributed by atoms with Crippen molar-refractivity contribution in [3.63, 3.8) is 0 Å². The number of alkyl halides is 1. The minimum absolute atomic E-state index is 0.000610. The normalized spacial score (nSPS) is 51.5. The Balaban J connectivity index is 1.38. The van der Waals surface area contributed by atoms with E-state index in [9.17, 15) is 4.79 Å². The Hall–Kier alpha value is -1.27. The highest BCUT2D eigenvalue weighted by Crippen LogP contribution is 2.70. The van der Waals surface area contributed by atoms with Gasteiger partial charge in [-0.1, -0.05) is 44.5 Å². The molecule has 0 N–H and O–H groups in total. The van der Waals surface area contributed by atoms with Crippen LogP contribution in [0.25, 0.3) is 10.4 Å². The second-order valence-electron chi connectivity index (χ2n) is 15.7. The van der Waals surface area contributed by atoms with E-state index in [0.29, 0.717) is 23.7 Å². The highest BCUT2D eigenvalue weighted by atomic mass is 35.5. The largest absolute Gasteiger partial charge is 0.461 e. The van der Waals surface area contributed by atoms with Crippen LogP contribution >= 0.6 is 11.6 Å².